The lowest BCUT2D eigenvalue weighted by Crippen LogP contribution is -2.16. The molecule has 1 atom stereocenters. The van der Waals surface area contributed by atoms with E-state index in [1.54, 1.807) is 7.11 Å². The molecule has 0 fully saturated rings. The van der Waals surface area contributed by atoms with E-state index in [1.165, 1.54) is 0 Å². The van der Waals surface area contributed by atoms with Gasteiger partial charge in [-0.15, -0.1) is 0 Å². The molecule has 0 saturated carbocycles. The zero-order valence-corrected chi connectivity index (χ0v) is 13.0. The van der Waals surface area contributed by atoms with Crippen LogP contribution >= 0.6 is 0 Å². The summed E-state index contributed by atoms with van der Waals surface area (Å²) in [6.07, 6.45) is 1.81. The Morgan fingerprint density at radius 1 is 1.45 bits per heavy atom. The third-order valence-electron chi connectivity index (χ3n) is 3.55. The highest BCUT2D eigenvalue weighted by Crippen LogP contribution is 2.32. The molecule has 0 saturated heterocycles. The highest BCUT2D eigenvalue weighted by atomic mass is 16.5. The van der Waals surface area contributed by atoms with Crippen LogP contribution in [0.5, 0.6) is 5.75 Å². The van der Waals surface area contributed by atoms with Crippen molar-refractivity contribution in [3.63, 3.8) is 0 Å². The van der Waals surface area contributed by atoms with Crippen molar-refractivity contribution in [2.75, 3.05) is 24.8 Å². The molecule has 4 N–H and O–H groups in total. The van der Waals surface area contributed by atoms with Crippen molar-refractivity contribution < 1.29 is 9.84 Å². The van der Waals surface area contributed by atoms with Crippen molar-refractivity contribution in [3.8, 4) is 5.75 Å². The van der Waals surface area contributed by atoms with Crippen LogP contribution in [0.4, 0.5) is 11.8 Å². The van der Waals surface area contributed by atoms with E-state index in [4.69, 9.17) is 10.5 Å². The number of benzene rings is 1. The molecule has 0 aliphatic rings. The number of ether oxygens (including phenoxy) is 1. The van der Waals surface area contributed by atoms with Crippen molar-refractivity contribution in [3.05, 3.63) is 30.5 Å². The lowest BCUT2D eigenvalue weighted by atomic mass is 10.0. The Labute approximate surface area is 130 Å². The van der Waals surface area contributed by atoms with Gasteiger partial charge >= 0.3 is 0 Å². The number of aliphatic hydroxyl groups excluding tert-OH is 1. The number of fused-ring (bicyclic) bond motifs is 1. The second-order valence-corrected chi connectivity index (χ2v) is 5.10. The summed E-state index contributed by atoms with van der Waals surface area (Å²) in [4.78, 5) is 8.48. The fourth-order valence-corrected chi connectivity index (χ4v) is 2.41. The number of aliphatic hydroxyl groups is 1. The lowest BCUT2D eigenvalue weighted by Gasteiger charge is -2.19. The summed E-state index contributed by atoms with van der Waals surface area (Å²) in [6.45, 7) is 6.12. The molecule has 118 valence electrons. The molecule has 0 spiro atoms. The van der Waals surface area contributed by atoms with E-state index in [1.807, 2.05) is 18.2 Å². The summed E-state index contributed by atoms with van der Waals surface area (Å²) in [5.74, 6) is 1.33. The molecule has 0 amide bonds. The number of aromatic nitrogens is 2. The Kier molecular flexibility index (Phi) is 5.16. The number of nitrogens with one attached hydrogen (secondary N) is 1. The maximum atomic E-state index is 9.49. The first-order valence-electron chi connectivity index (χ1n) is 7.27. The molecule has 0 unspecified atom stereocenters. The summed E-state index contributed by atoms with van der Waals surface area (Å²) in [7, 11) is 1.59. The minimum absolute atomic E-state index is 0.0362. The van der Waals surface area contributed by atoms with Gasteiger partial charge < -0.3 is 20.9 Å². The van der Waals surface area contributed by atoms with Crippen LogP contribution in [0.25, 0.3) is 10.9 Å². The van der Waals surface area contributed by atoms with Crippen LogP contribution in [0, 0.1) is 5.92 Å². The summed E-state index contributed by atoms with van der Waals surface area (Å²) >= 11 is 0. The van der Waals surface area contributed by atoms with Crippen LogP contribution in [-0.4, -0.2) is 28.8 Å². The first-order valence-corrected chi connectivity index (χ1v) is 7.27. The van der Waals surface area contributed by atoms with E-state index < -0.39 is 0 Å². The van der Waals surface area contributed by atoms with Gasteiger partial charge in [0.25, 0.3) is 0 Å². The summed E-state index contributed by atoms with van der Waals surface area (Å²) < 4.78 is 5.38. The van der Waals surface area contributed by atoms with Gasteiger partial charge in [0.2, 0.25) is 5.95 Å². The van der Waals surface area contributed by atoms with Crippen molar-refractivity contribution >= 4 is 22.7 Å². The van der Waals surface area contributed by atoms with Crippen molar-refractivity contribution in [2.24, 2.45) is 5.92 Å². The lowest BCUT2D eigenvalue weighted by molar-refractivity contribution is 0.239. The molecule has 1 aromatic carbocycles. The second kappa shape index (κ2) is 7.09. The molecule has 6 nitrogen and oxygen atoms in total. The van der Waals surface area contributed by atoms with Crippen LogP contribution in [0.3, 0.4) is 0 Å². The van der Waals surface area contributed by atoms with E-state index >= 15 is 0 Å². The molecule has 1 aromatic heterocycles. The first-order chi connectivity index (χ1) is 10.6. The summed E-state index contributed by atoms with van der Waals surface area (Å²) in [5.41, 5.74) is 7.17. The average molecular weight is 302 g/mol. The number of hydrogen-bond acceptors (Lipinski definition) is 6. The molecule has 6 heteroatoms. The standard InChI is InChI=1S/C16H22N4O2/c1-4-6-11(9-21)10(2)18-15-14-12(19-16(17)20-15)7-5-8-13(14)22-3/h5,7-8,11,21H,2,4,6,9H2,1,3H3,(H3,17,18,19,20)/t11-/m0/s1. The average Bonchev–Trinajstić information content (AvgIpc) is 2.51. The van der Waals surface area contributed by atoms with Crippen LogP contribution < -0.4 is 15.8 Å². The molecule has 0 bridgehead atoms. The van der Waals surface area contributed by atoms with E-state index in [9.17, 15) is 5.11 Å². The second-order valence-electron chi connectivity index (χ2n) is 5.10. The fourth-order valence-electron chi connectivity index (χ4n) is 2.41. The number of methoxy groups -OCH3 is 1. The number of nitrogens with two attached hydrogens (primary N) is 1. The molecule has 22 heavy (non-hydrogen) atoms. The monoisotopic (exact) mass is 302 g/mol. The van der Waals surface area contributed by atoms with E-state index in [0.29, 0.717) is 22.8 Å². The van der Waals surface area contributed by atoms with Crippen molar-refractivity contribution in [1.29, 1.82) is 0 Å². The molecule has 2 aromatic rings. The van der Waals surface area contributed by atoms with Crippen LogP contribution in [0.2, 0.25) is 0 Å². The van der Waals surface area contributed by atoms with Gasteiger partial charge in [-0.3, -0.25) is 0 Å². The van der Waals surface area contributed by atoms with Crippen LogP contribution in [0.1, 0.15) is 19.8 Å². The number of nitrogens with zero attached hydrogens (tertiary/aromatic N) is 2. The Hall–Kier alpha value is -2.34. The Balaban J connectivity index is 2.44. The molecule has 0 aliphatic heterocycles. The Morgan fingerprint density at radius 2 is 2.23 bits per heavy atom. The maximum Gasteiger partial charge on any atom is 0.222 e. The van der Waals surface area contributed by atoms with Gasteiger partial charge in [0.1, 0.15) is 11.6 Å². The van der Waals surface area contributed by atoms with Crippen molar-refractivity contribution in [2.45, 2.75) is 19.8 Å². The number of hydrogen-bond donors (Lipinski definition) is 3. The smallest absolute Gasteiger partial charge is 0.222 e. The normalized spacial score (nSPS) is 12.1. The van der Waals surface area contributed by atoms with E-state index in [2.05, 4.69) is 28.8 Å². The molecular weight excluding hydrogens is 280 g/mol. The molecule has 0 radical (unpaired) electrons. The first kappa shape index (κ1) is 16.0. The Morgan fingerprint density at radius 3 is 2.86 bits per heavy atom. The van der Waals surface area contributed by atoms with Gasteiger partial charge in [0.05, 0.1) is 24.6 Å². The molecule has 2 rings (SSSR count). The fraction of sp³-hybridized carbons (Fsp3) is 0.375. The zero-order valence-electron chi connectivity index (χ0n) is 13.0. The third-order valence-corrected chi connectivity index (χ3v) is 3.55. The van der Waals surface area contributed by atoms with Gasteiger partial charge in [0.15, 0.2) is 0 Å². The largest absolute Gasteiger partial charge is 0.496 e. The van der Waals surface area contributed by atoms with Crippen LogP contribution in [0.15, 0.2) is 30.5 Å². The van der Waals surface area contributed by atoms with Crippen LogP contribution in [-0.2, 0) is 0 Å². The van der Waals surface area contributed by atoms with Gasteiger partial charge in [0, 0.05) is 11.6 Å². The van der Waals surface area contributed by atoms with Gasteiger partial charge in [-0.25, -0.2) is 4.98 Å². The SMILES string of the molecule is C=C(Nc1nc(N)nc2cccc(OC)c12)[C@H](CO)CCC. The maximum absolute atomic E-state index is 9.49. The zero-order chi connectivity index (χ0) is 16.1. The summed E-state index contributed by atoms with van der Waals surface area (Å²) in [6, 6.07) is 5.53. The minimum Gasteiger partial charge on any atom is -0.496 e. The number of anilines is 2. The Bertz CT molecular complexity index is 672. The van der Waals surface area contributed by atoms with Gasteiger partial charge in [-0.2, -0.15) is 4.98 Å². The topological polar surface area (TPSA) is 93.3 Å². The molecule has 0 aliphatic carbocycles. The van der Waals surface area contributed by atoms with E-state index in [0.717, 1.165) is 18.2 Å². The van der Waals surface area contributed by atoms with Gasteiger partial charge in [-0.05, 0) is 18.6 Å². The quantitative estimate of drug-likeness (QED) is 0.728. The highest BCUT2D eigenvalue weighted by molar-refractivity contribution is 5.95. The van der Waals surface area contributed by atoms with Gasteiger partial charge in [-0.1, -0.05) is 26.0 Å². The molecule has 1 heterocycles. The summed E-state index contributed by atoms with van der Waals surface area (Å²) in [5, 5.41) is 13.4. The minimum atomic E-state index is -0.0362. The predicted octanol–water partition coefficient (Wildman–Crippen LogP) is 2.55. The number of nitrogen functional groups attached to an aromatic ring is 1. The predicted molar refractivity (Wildman–Crippen MR) is 88.7 cm³/mol. The van der Waals surface area contributed by atoms with E-state index in [-0.39, 0.29) is 18.5 Å². The number of rotatable bonds is 7. The highest BCUT2D eigenvalue weighted by Gasteiger charge is 2.16. The molecular formula is C16H22N4O2. The van der Waals surface area contributed by atoms with Crippen molar-refractivity contribution in [1.82, 2.24) is 9.97 Å². The third kappa shape index (κ3) is 3.28.